The van der Waals surface area contributed by atoms with Gasteiger partial charge in [-0.05, 0) is 30.9 Å². The molecule has 4 heteroatoms. The molecule has 20 heavy (non-hydrogen) atoms. The van der Waals surface area contributed by atoms with Crippen molar-refractivity contribution in [1.29, 1.82) is 0 Å². The molecular formula is C16H28N2O2. The maximum atomic E-state index is 9.75. The number of hydrogen-bond donors (Lipinski definition) is 2. The Balaban J connectivity index is 1.93. The fourth-order valence-corrected chi connectivity index (χ4v) is 1.90. The van der Waals surface area contributed by atoms with E-state index in [1.165, 1.54) is 6.42 Å². The van der Waals surface area contributed by atoms with Gasteiger partial charge in [-0.1, -0.05) is 19.9 Å². The summed E-state index contributed by atoms with van der Waals surface area (Å²) in [5.74, 6) is 0.719. The molecule has 1 heterocycles. The van der Waals surface area contributed by atoms with Gasteiger partial charge in [0.15, 0.2) is 0 Å². The van der Waals surface area contributed by atoms with Crippen molar-refractivity contribution in [2.75, 3.05) is 26.3 Å². The number of rotatable bonds is 11. The third kappa shape index (κ3) is 9.02. The summed E-state index contributed by atoms with van der Waals surface area (Å²) >= 11 is 0. The van der Waals surface area contributed by atoms with Crippen LogP contribution in [0.1, 0.15) is 32.4 Å². The Morgan fingerprint density at radius 3 is 2.90 bits per heavy atom. The molecule has 1 rings (SSSR count). The number of ether oxygens (including phenoxy) is 1. The predicted octanol–water partition coefficient (Wildman–Crippen LogP) is 2.03. The van der Waals surface area contributed by atoms with E-state index in [1.54, 1.807) is 6.20 Å². The lowest BCUT2D eigenvalue weighted by molar-refractivity contribution is 0.0349. The zero-order valence-corrected chi connectivity index (χ0v) is 12.7. The Bertz CT molecular complexity index is 331. The van der Waals surface area contributed by atoms with E-state index in [0.717, 1.165) is 37.6 Å². The van der Waals surface area contributed by atoms with Crippen molar-refractivity contribution in [3.05, 3.63) is 30.1 Å². The molecular weight excluding hydrogens is 252 g/mol. The van der Waals surface area contributed by atoms with Crippen LogP contribution in [0.5, 0.6) is 0 Å². The van der Waals surface area contributed by atoms with Gasteiger partial charge in [0.2, 0.25) is 0 Å². The molecule has 4 nitrogen and oxygen atoms in total. The van der Waals surface area contributed by atoms with Gasteiger partial charge in [-0.3, -0.25) is 4.98 Å². The van der Waals surface area contributed by atoms with Gasteiger partial charge in [0.05, 0.1) is 12.7 Å². The maximum absolute atomic E-state index is 9.75. The van der Waals surface area contributed by atoms with E-state index >= 15 is 0 Å². The average molecular weight is 280 g/mol. The molecule has 2 N–H and O–H groups in total. The second kappa shape index (κ2) is 10.8. The highest BCUT2D eigenvalue weighted by molar-refractivity contribution is 5.03. The van der Waals surface area contributed by atoms with E-state index in [1.807, 2.05) is 18.2 Å². The van der Waals surface area contributed by atoms with E-state index in [4.69, 9.17) is 4.74 Å². The largest absolute Gasteiger partial charge is 0.389 e. The molecule has 0 spiro atoms. The number of nitrogens with zero attached hydrogens (tertiary/aromatic N) is 1. The van der Waals surface area contributed by atoms with Crippen molar-refractivity contribution in [3.8, 4) is 0 Å². The fourth-order valence-electron chi connectivity index (χ4n) is 1.90. The van der Waals surface area contributed by atoms with Gasteiger partial charge in [-0.15, -0.1) is 0 Å². The van der Waals surface area contributed by atoms with Gasteiger partial charge in [0, 0.05) is 38.0 Å². The molecule has 0 saturated heterocycles. The minimum atomic E-state index is -0.433. The molecule has 0 aliphatic carbocycles. The summed E-state index contributed by atoms with van der Waals surface area (Å²) in [5, 5.41) is 13.0. The third-order valence-electron chi connectivity index (χ3n) is 3.04. The van der Waals surface area contributed by atoms with Crippen LogP contribution in [-0.4, -0.2) is 42.5 Å². The van der Waals surface area contributed by atoms with Gasteiger partial charge < -0.3 is 15.2 Å². The lowest BCUT2D eigenvalue weighted by atomic mass is 10.1. The molecule has 0 amide bonds. The summed E-state index contributed by atoms with van der Waals surface area (Å²) < 4.78 is 5.46. The maximum Gasteiger partial charge on any atom is 0.0897 e. The van der Waals surface area contributed by atoms with Gasteiger partial charge in [-0.25, -0.2) is 0 Å². The number of aromatic nitrogens is 1. The quantitative estimate of drug-likeness (QED) is 0.609. The molecule has 0 fully saturated rings. The standard InChI is InChI=1S/C16H28N2O2/c1-14(2)6-5-11-20-13-16(19)12-17-10-8-15-7-3-4-9-18-15/h3-4,7,9,14,16-17,19H,5-6,8,10-13H2,1-2H3. The first-order valence-corrected chi connectivity index (χ1v) is 7.55. The predicted molar refractivity (Wildman–Crippen MR) is 81.7 cm³/mol. The molecule has 0 aromatic carbocycles. The number of aliphatic hydroxyl groups excluding tert-OH is 1. The first kappa shape index (κ1) is 17.1. The highest BCUT2D eigenvalue weighted by Crippen LogP contribution is 2.03. The molecule has 1 atom stereocenters. The normalized spacial score (nSPS) is 12.8. The minimum Gasteiger partial charge on any atom is -0.389 e. The summed E-state index contributed by atoms with van der Waals surface area (Å²) in [4.78, 5) is 4.25. The van der Waals surface area contributed by atoms with Crippen LogP contribution in [0.25, 0.3) is 0 Å². The monoisotopic (exact) mass is 280 g/mol. The summed E-state index contributed by atoms with van der Waals surface area (Å²) in [5.41, 5.74) is 1.07. The molecule has 0 saturated carbocycles. The highest BCUT2D eigenvalue weighted by Gasteiger charge is 2.04. The van der Waals surface area contributed by atoms with Crippen molar-refractivity contribution in [3.63, 3.8) is 0 Å². The third-order valence-corrected chi connectivity index (χ3v) is 3.04. The Morgan fingerprint density at radius 1 is 1.35 bits per heavy atom. The van der Waals surface area contributed by atoms with Crippen molar-refractivity contribution < 1.29 is 9.84 Å². The van der Waals surface area contributed by atoms with Crippen LogP contribution in [0.2, 0.25) is 0 Å². The molecule has 114 valence electrons. The summed E-state index contributed by atoms with van der Waals surface area (Å²) in [6.07, 6.45) is 4.49. The van der Waals surface area contributed by atoms with E-state index in [9.17, 15) is 5.11 Å². The zero-order chi connectivity index (χ0) is 14.6. The van der Waals surface area contributed by atoms with Crippen molar-refractivity contribution in [2.24, 2.45) is 5.92 Å². The Kier molecular flexibility index (Phi) is 9.20. The van der Waals surface area contributed by atoms with Crippen molar-refractivity contribution in [1.82, 2.24) is 10.3 Å². The molecule has 0 aliphatic heterocycles. The number of nitrogens with one attached hydrogen (secondary N) is 1. The molecule has 1 aromatic heterocycles. The summed E-state index contributed by atoms with van der Waals surface area (Å²) in [7, 11) is 0. The highest BCUT2D eigenvalue weighted by atomic mass is 16.5. The minimum absolute atomic E-state index is 0.411. The molecule has 1 aromatic rings. The molecule has 1 unspecified atom stereocenters. The van der Waals surface area contributed by atoms with Crippen LogP contribution in [0.3, 0.4) is 0 Å². The van der Waals surface area contributed by atoms with Gasteiger partial charge in [0.25, 0.3) is 0 Å². The van der Waals surface area contributed by atoms with E-state index in [2.05, 4.69) is 24.1 Å². The fraction of sp³-hybridized carbons (Fsp3) is 0.688. The van der Waals surface area contributed by atoms with Crippen molar-refractivity contribution >= 4 is 0 Å². The zero-order valence-electron chi connectivity index (χ0n) is 12.7. The van der Waals surface area contributed by atoms with E-state index < -0.39 is 6.10 Å². The molecule has 0 radical (unpaired) electrons. The van der Waals surface area contributed by atoms with E-state index in [0.29, 0.717) is 13.2 Å². The van der Waals surface area contributed by atoms with E-state index in [-0.39, 0.29) is 0 Å². The van der Waals surface area contributed by atoms with Crippen LogP contribution in [0.4, 0.5) is 0 Å². The topological polar surface area (TPSA) is 54.4 Å². The first-order chi connectivity index (χ1) is 9.68. The number of pyridine rings is 1. The summed E-state index contributed by atoms with van der Waals surface area (Å²) in [6.45, 7) is 6.96. The van der Waals surface area contributed by atoms with Gasteiger partial charge >= 0.3 is 0 Å². The Hall–Kier alpha value is -0.970. The second-order valence-electron chi connectivity index (χ2n) is 5.54. The lowest BCUT2D eigenvalue weighted by Gasteiger charge is -2.12. The second-order valence-corrected chi connectivity index (χ2v) is 5.54. The van der Waals surface area contributed by atoms with Crippen LogP contribution >= 0.6 is 0 Å². The Labute approximate surface area is 122 Å². The smallest absolute Gasteiger partial charge is 0.0897 e. The van der Waals surface area contributed by atoms with Crippen LogP contribution in [-0.2, 0) is 11.2 Å². The summed E-state index contributed by atoms with van der Waals surface area (Å²) in [6, 6.07) is 5.91. The van der Waals surface area contributed by atoms with Crippen LogP contribution in [0.15, 0.2) is 24.4 Å². The van der Waals surface area contributed by atoms with Gasteiger partial charge in [0.1, 0.15) is 0 Å². The molecule has 0 aliphatic rings. The van der Waals surface area contributed by atoms with Crippen molar-refractivity contribution in [2.45, 2.75) is 39.2 Å². The molecule has 0 bridgehead atoms. The van der Waals surface area contributed by atoms with Crippen LogP contribution in [0, 0.1) is 5.92 Å². The SMILES string of the molecule is CC(C)CCCOCC(O)CNCCc1ccccn1. The number of hydrogen-bond acceptors (Lipinski definition) is 4. The Morgan fingerprint density at radius 2 is 2.20 bits per heavy atom. The lowest BCUT2D eigenvalue weighted by Crippen LogP contribution is -2.31. The first-order valence-electron chi connectivity index (χ1n) is 7.55. The number of aliphatic hydroxyl groups is 1. The van der Waals surface area contributed by atoms with Gasteiger partial charge in [-0.2, -0.15) is 0 Å². The van der Waals surface area contributed by atoms with Crippen LogP contribution < -0.4 is 5.32 Å². The average Bonchev–Trinajstić information content (AvgIpc) is 2.44.